The second-order valence-electron chi connectivity index (χ2n) is 8.72. The third-order valence-corrected chi connectivity index (χ3v) is 8.04. The minimum absolute atomic E-state index is 0.00970. The van der Waals surface area contributed by atoms with E-state index in [0.29, 0.717) is 24.2 Å². The minimum Gasteiger partial charge on any atom is -0.504 e. The first-order chi connectivity index (χ1) is 10.4. The molecule has 3 saturated carbocycles. The quantitative estimate of drug-likeness (QED) is 0.716. The van der Waals surface area contributed by atoms with Crippen molar-refractivity contribution in [1.29, 1.82) is 0 Å². The number of hydrogen-bond acceptors (Lipinski definition) is 3. The van der Waals surface area contributed by atoms with Crippen LogP contribution in [0.4, 0.5) is 0 Å². The van der Waals surface area contributed by atoms with Crippen molar-refractivity contribution in [3.63, 3.8) is 0 Å². The zero-order valence-corrected chi connectivity index (χ0v) is 13.8. The normalized spacial score (nSPS) is 51.3. The number of ketones is 1. The lowest BCUT2D eigenvalue weighted by atomic mass is 9.47. The lowest BCUT2D eigenvalue weighted by molar-refractivity contribution is -0.122. The van der Waals surface area contributed by atoms with E-state index in [-0.39, 0.29) is 28.5 Å². The first kappa shape index (κ1) is 14.7. The molecule has 2 N–H and O–H groups in total. The van der Waals surface area contributed by atoms with Crippen LogP contribution in [0.2, 0.25) is 0 Å². The number of fused-ring (bicyclic) bond motifs is 5. The largest absolute Gasteiger partial charge is 0.504 e. The van der Waals surface area contributed by atoms with Crippen molar-refractivity contribution < 1.29 is 15.0 Å². The molecule has 0 saturated heterocycles. The molecular formula is C19H28O3. The van der Waals surface area contributed by atoms with Crippen LogP contribution in [-0.2, 0) is 4.79 Å². The first-order valence-electron chi connectivity index (χ1n) is 9.02. The van der Waals surface area contributed by atoms with E-state index in [9.17, 15) is 15.0 Å². The number of Topliss-reactive ketones (excluding diaryl/α,β-unsaturated/α-hetero) is 1. The van der Waals surface area contributed by atoms with Gasteiger partial charge in [-0.3, -0.25) is 4.79 Å². The summed E-state index contributed by atoms with van der Waals surface area (Å²) in [6.07, 6.45) is 7.56. The van der Waals surface area contributed by atoms with Crippen LogP contribution in [0.1, 0.15) is 65.2 Å². The number of allylic oxidation sites excluding steroid dienone is 1. The number of aliphatic hydroxyl groups is 2. The molecule has 22 heavy (non-hydrogen) atoms. The van der Waals surface area contributed by atoms with Crippen molar-refractivity contribution >= 4 is 5.78 Å². The molecule has 6 atom stereocenters. The second-order valence-corrected chi connectivity index (χ2v) is 8.72. The number of hydrogen-bond donors (Lipinski definition) is 2. The molecule has 0 aliphatic heterocycles. The fourth-order valence-corrected chi connectivity index (χ4v) is 6.66. The number of carbonyl (C=O) groups is 1. The Kier molecular flexibility index (Phi) is 3.08. The Morgan fingerprint density at radius 3 is 2.55 bits per heavy atom. The van der Waals surface area contributed by atoms with E-state index in [4.69, 9.17) is 0 Å². The highest BCUT2D eigenvalue weighted by Gasteiger charge is 2.59. The minimum atomic E-state index is -0.135. The van der Waals surface area contributed by atoms with E-state index in [1.165, 1.54) is 0 Å². The van der Waals surface area contributed by atoms with Crippen molar-refractivity contribution in [2.45, 2.75) is 71.3 Å². The van der Waals surface area contributed by atoms with Gasteiger partial charge in [0.05, 0.1) is 6.10 Å². The zero-order chi connectivity index (χ0) is 15.7. The second kappa shape index (κ2) is 4.59. The van der Waals surface area contributed by atoms with Gasteiger partial charge in [-0.05, 0) is 79.1 Å². The van der Waals surface area contributed by atoms with Crippen LogP contribution >= 0.6 is 0 Å². The molecule has 0 aromatic carbocycles. The van der Waals surface area contributed by atoms with Gasteiger partial charge in [0.15, 0.2) is 11.5 Å². The Morgan fingerprint density at radius 1 is 1.00 bits per heavy atom. The molecule has 4 aliphatic rings. The van der Waals surface area contributed by atoms with Gasteiger partial charge in [0.25, 0.3) is 0 Å². The highest BCUT2D eigenvalue weighted by atomic mass is 16.3. The summed E-state index contributed by atoms with van der Waals surface area (Å²) in [5.74, 6) is 1.90. The monoisotopic (exact) mass is 304 g/mol. The van der Waals surface area contributed by atoms with Gasteiger partial charge >= 0.3 is 0 Å². The van der Waals surface area contributed by atoms with Gasteiger partial charge in [0.2, 0.25) is 0 Å². The van der Waals surface area contributed by atoms with Gasteiger partial charge in [-0.25, -0.2) is 0 Å². The molecule has 0 aromatic heterocycles. The summed E-state index contributed by atoms with van der Waals surface area (Å²) in [4.78, 5) is 11.9. The predicted octanol–water partition coefficient (Wildman–Crippen LogP) is 3.76. The molecule has 3 heteroatoms. The van der Waals surface area contributed by atoms with Crippen LogP contribution in [0.15, 0.2) is 11.3 Å². The number of rotatable bonds is 0. The Hall–Kier alpha value is -0.830. The molecule has 0 aromatic rings. The van der Waals surface area contributed by atoms with Crippen LogP contribution in [-0.4, -0.2) is 22.1 Å². The van der Waals surface area contributed by atoms with Crippen LogP contribution in [0, 0.1) is 28.6 Å². The fraction of sp³-hybridized carbons (Fsp3) is 0.842. The highest BCUT2D eigenvalue weighted by molar-refractivity contribution is 5.95. The molecular weight excluding hydrogens is 276 g/mol. The molecule has 0 amide bonds. The van der Waals surface area contributed by atoms with Crippen molar-refractivity contribution in [3.05, 3.63) is 11.3 Å². The maximum atomic E-state index is 11.9. The van der Waals surface area contributed by atoms with Crippen LogP contribution in [0.5, 0.6) is 0 Å². The van der Waals surface area contributed by atoms with Gasteiger partial charge in [0.1, 0.15) is 0 Å². The van der Waals surface area contributed by atoms with Gasteiger partial charge in [-0.2, -0.15) is 0 Å². The van der Waals surface area contributed by atoms with Crippen molar-refractivity contribution in [1.82, 2.24) is 0 Å². The van der Waals surface area contributed by atoms with Crippen molar-refractivity contribution in [2.24, 2.45) is 28.6 Å². The van der Waals surface area contributed by atoms with Gasteiger partial charge in [0, 0.05) is 6.42 Å². The van der Waals surface area contributed by atoms with E-state index < -0.39 is 0 Å². The summed E-state index contributed by atoms with van der Waals surface area (Å²) in [5.41, 5.74) is 1.16. The molecule has 3 nitrogen and oxygen atoms in total. The average Bonchev–Trinajstić information content (AvgIpc) is 2.79. The molecule has 0 heterocycles. The molecule has 2 unspecified atom stereocenters. The van der Waals surface area contributed by atoms with E-state index >= 15 is 0 Å². The predicted molar refractivity (Wildman–Crippen MR) is 84.3 cm³/mol. The summed E-state index contributed by atoms with van der Waals surface area (Å²) in [6.45, 7) is 4.58. The van der Waals surface area contributed by atoms with E-state index in [2.05, 4.69) is 13.8 Å². The molecule has 122 valence electrons. The maximum absolute atomic E-state index is 11.9. The summed E-state index contributed by atoms with van der Waals surface area (Å²) in [5, 5.41) is 20.8. The summed E-state index contributed by atoms with van der Waals surface area (Å²) in [6, 6.07) is 0. The molecule has 0 radical (unpaired) electrons. The molecule has 3 fully saturated rings. The Balaban J connectivity index is 1.72. The lowest BCUT2D eigenvalue weighted by Crippen LogP contribution is -2.51. The summed E-state index contributed by atoms with van der Waals surface area (Å²) >= 11 is 0. The summed E-state index contributed by atoms with van der Waals surface area (Å²) < 4.78 is 0. The molecule has 0 spiro atoms. The molecule has 0 bridgehead atoms. The van der Waals surface area contributed by atoms with Gasteiger partial charge < -0.3 is 10.2 Å². The highest BCUT2D eigenvalue weighted by Crippen LogP contribution is 2.65. The fourth-order valence-electron chi connectivity index (χ4n) is 6.66. The lowest BCUT2D eigenvalue weighted by Gasteiger charge is -2.57. The van der Waals surface area contributed by atoms with Gasteiger partial charge in [-0.15, -0.1) is 0 Å². The van der Waals surface area contributed by atoms with Crippen molar-refractivity contribution in [3.8, 4) is 0 Å². The third kappa shape index (κ3) is 1.69. The third-order valence-electron chi connectivity index (χ3n) is 8.04. The zero-order valence-electron chi connectivity index (χ0n) is 13.8. The van der Waals surface area contributed by atoms with Crippen molar-refractivity contribution in [2.75, 3.05) is 0 Å². The Bertz CT molecular complexity index is 551. The maximum Gasteiger partial charge on any atom is 0.197 e. The standard InChI is InChI=1S/C19H28O3/c1-18-10-8-15(20)17(22)14(18)4-3-11-12-5-6-16(21)19(12,2)9-7-13(11)18/h11-13,16,21-22H,3-10H2,1-2H3/t11-,12?,13?,16-,18+,19-/m0/s1. The molecule has 4 aliphatic carbocycles. The number of carbonyl (C=O) groups excluding carboxylic acids is 1. The van der Waals surface area contributed by atoms with Crippen LogP contribution in [0.3, 0.4) is 0 Å². The van der Waals surface area contributed by atoms with E-state index in [1.54, 1.807) is 0 Å². The van der Waals surface area contributed by atoms with Crippen LogP contribution in [0.25, 0.3) is 0 Å². The Labute approximate surface area is 132 Å². The van der Waals surface area contributed by atoms with Crippen LogP contribution < -0.4 is 0 Å². The van der Waals surface area contributed by atoms with Gasteiger partial charge in [-0.1, -0.05) is 13.8 Å². The number of aliphatic hydroxyl groups excluding tert-OH is 2. The molecule has 4 rings (SSSR count). The van der Waals surface area contributed by atoms with E-state index in [0.717, 1.165) is 50.5 Å². The topological polar surface area (TPSA) is 57.5 Å². The van der Waals surface area contributed by atoms with E-state index in [1.807, 2.05) is 0 Å². The average molecular weight is 304 g/mol. The smallest absolute Gasteiger partial charge is 0.197 e. The summed E-state index contributed by atoms with van der Waals surface area (Å²) in [7, 11) is 0. The Morgan fingerprint density at radius 2 is 1.77 bits per heavy atom. The first-order valence-corrected chi connectivity index (χ1v) is 9.02. The SMILES string of the molecule is C[C@]12CCC(=O)C(O)=C1CC[C@@H]1C2CC[C@@]2(C)C1CC[C@@H]2O.